The van der Waals surface area contributed by atoms with Gasteiger partial charge in [0.15, 0.2) is 0 Å². The molecule has 6 nitrogen and oxygen atoms in total. The number of amides is 1. The molecule has 0 rings (SSSR count). The summed E-state index contributed by atoms with van der Waals surface area (Å²) in [5, 5.41) is 23.4. The molecule has 2 atom stereocenters. The van der Waals surface area contributed by atoms with Crippen LogP contribution in [0.2, 0.25) is 0 Å². The van der Waals surface area contributed by atoms with Gasteiger partial charge in [0.2, 0.25) is 5.91 Å². The molecular formula is C66H129NO5. The highest BCUT2D eigenvalue weighted by molar-refractivity contribution is 5.76. The highest BCUT2D eigenvalue weighted by Crippen LogP contribution is 2.19. The largest absolute Gasteiger partial charge is 0.466 e. The third-order valence-corrected chi connectivity index (χ3v) is 15.6. The Morgan fingerprint density at radius 3 is 0.986 bits per heavy atom. The Labute approximate surface area is 450 Å². The summed E-state index contributed by atoms with van der Waals surface area (Å²) in [4.78, 5) is 24.6. The smallest absolute Gasteiger partial charge is 0.305 e. The van der Waals surface area contributed by atoms with Crippen LogP contribution in [0.3, 0.4) is 0 Å². The van der Waals surface area contributed by atoms with Gasteiger partial charge in [0.1, 0.15) is 0 Å². The van der Waals surface area contributed by atoms with Crippen molar-refractivity contribution in [2.24, 2.45) is 0 Å². The van der Waals surface area contributed by atoms with Crippen molar-refractivity contribution in [3.05, 3.63) is 12.2 Å². The lowest BCUT2D eigenvalue weighted by Gasteiger charge is -2.22. The Hall–Kier alpha value is -1.40. The Morgan fingerprint density at radius 1 is 0.375 bits per heavy atom. The number of ether oxygens (including phenoxy) is 1. The standard InChI is InChI=1S/C66H129NO5/c1-3-5-7-9-11-13-15-17-19-21-23-24-25-26-27-28-29-30-32-34-38-42-46-50-54-58-64(69)63(62-68)67-65(70)59-55-51-47-43-39-36-37-41-45-49-53-57-61-72-66(71)60-56-52-48-44-40-35-33-31-22-20-18-16-14-12-10-8-6-4-2/h20,22,63-64,68-69H,3-19,21,23-62H2,1-2H3,(H,67,70)/b22-20-. The highest BCUT2D eigenvalue weighted by atomic mass is 16.5. The molecule has 0 fully saturated rings. The van der Waals surface area contributed by atoms with Crippen molar-refractivity contribution in [1.82, 2.24) is 5.32 Å². The number of allylic oxidation sites excluding steroid dienone is 2. The maximum Gasteiger partial charge on any atom is 0.305 e. The molecule has 0 aromatic rings. The molecule has 3 N–H and O–H groups in total. The number of aliphatic hydroxyl groups is 2. The second-order valence-electron chi connectivity index (χ2n) is 22.8. The monoisotopic (exact) mass is 1020 g/mol. The molecule has 0 aromatic heterocycles. The van der Waals surface area contributed by atoms with E-state index in [2.05, 4.69) is 31.3 Å². The van der Waals surface area contributed by atoms with Crippen LogP contribution in [-0.2, 0) is 14.3 Å². The molecule has 0 aliphatic heterocycles. The van der Waals surface area contributed by atoms with E-state index >= 15 is 0 Å². The molecule has 428 valence electrons. The first-order chi connectivity index (χ1) is 35.5. The van der Waals surface area contributed by atoms with Crippen molar-refractivity contribution in [2.45, 2.75) is 386 Å². The van der Waals surface area contributed by atoms with Gasteiger partial charge in [-0.3, -0.25) is 9.59 Å². The number of hydrogen-bond acceptors (Lipinski definition) is 5. The molecule has 0 heterocycles. The molecule has 0 aliphatic rings. The quantitative estimate of drug-likeness (QED) is 0.0320. The number of unbranched alkanes of at least 4 members (excludes halogenated alkanes) is 49. The fourth-order valence-electron chi connectivity index (χ4n) is 10.5. The second kappa shape index (κ2) is 62.1. The maximum absolute atomic E-state index is 12.5. The summed E-state index contributed by atoms with van der Waals surface area (Å²) in [6, 6.07) is -0.554. The lowest BCUT2D eigenvalue weighted by Crippen LogP contribution is -2.45. The van der Waals surface area contributed by atoms with Gasteiger partial charge in [-0.2, -0.15) is 0 Å². The molecule has 0 bridgehead atoms. The molecule has 72 heavy (non-hydrogen) atoms. The number of rotatable bonds is 62. The molecule has 0 saturated heterocycles. The van der Waals surface area contributed by atoms with Gasteiger partial charge in [0, 0.05) is 12.8 Å². The van der Waals surface area contributed by atoms with Gasteiger partial charge in [-0.1, -0.05) is 321 Å². The summed E-state index contributed by atoms with van der Waals surface area (Å²) in [5.74, 6) is -0.0562. The van der Waals surface area contributed by atoms with Gasteiger partial charge >= 0.3 is 5.97 Å². The summed E-state index contributed by atoms with van der Waals surface area (Å²) >= 11 is 0. The Morgan fingerprint density at radius 2 is 0.653 bits per heavy atom. The number of nitrogens with one attached hydrogen (secondary N) is 1. The van der Waals surface area contributed by atoms with Crippen LogP contribution in [0.15, 0.2) is 12.2 Å². The van der Waals surface area contributed by atoms with Crippen molar-refractivity contribution in [1.29, 1.82) is 0 Å². The van der Waals surface area contributed by atoms with Crippen LogP contribution in [0.4, 0.5) is 0 Å². The van der Waals surface area contributed by atoms with Crippen molar-refractivity contribution in [3.63, 3.8) is 0 Å². The Kier molecular flexibility index (Phi) is 60.9. The molecule has 0 aromatic carbocycles. The first-order valence-corrected chi connectivity index (χ1v) is 32.9. The first-order valence-electron chi connectivity index (χ1n) is 32.9. The zero-order valence-corrected chi connectivity index (χ0v) is 48.9. The number of aliphatic hydroxyl groups excluding tert-OH is 2. The van der Waals surface area contributed by atoms with E-state index in [4.69, 9.17) is 4.74 Å². The van der Waals surface area contributed by atoms with E-state index in [0.717, 1.165) is 57.8 Å². The maximum atomic E-state index is 12.5. The Bertz CT molecular complexity index is 1080. The van der Waals surface area contributed by atoms with E-state index in [1.165, 1.54) is 283 Å². The van der Waals surface area contributed by atoms with Gasteiger partial charge < -0.3 is 20.3 Å². The number of carbonyl (C=O) groups excluding carboxylic acids is 2. The molecule has 6 heteroatoms. The predicted molar refractivity (Wildman–Crippen MR) is 315 cm³/mol. The molecule has 1 amide bonds. The summed E-state index contributed by atoms with van der Waals surface area (Å²) < 4.78 is 5.49. The molecule has 0 radical (unpaired) electrons. The minimum atomic E-state index is -0.676. The van der Waals surface area contributed by atoms with Crippen LogP contribution in [0, 0.1) is 0 Å². The summed E-state index contributed by atoms with van der Waals surface area (Å²) in [6.07, 6.45) is 75.1. The molecule has 0 spiro atoms. The molecule has 0 saturated carbocycles. The van der Waals surface area contributed by atoms with Gasteiger partial charge in [0.25, 0.3) is 0 Å². The highest BCUT2D eigenvalue weighted by Gasteiger charge is 2.20. The summed E-state index contributed by atoms with van der Waals surface area (Å²) in [7, 11) is 0. The van der Waals surface area contributed by atoms with Crippen LogP contribution in [0.5, 0.6) is 0 Å². The third kappa shape index (κ3) is 57.9. The minimum Gasteiger partial charge on any atom is -0.466 e. The zero-order chi connectivity index (χ0) is 52.2. The van der Waals surface area contributed by atoms with E-state index in [9.17, 15) is 19.8 Å². The minimum absolute atomic E-state index is 0.0104. The fraction of sp³-hybridized carbons (Fsp3) is 0.939. The van der Waals surface area contributed by atoms with Crippen molar-refractivity contribution in [2.75, 3.05) is 13.2 Å². The average molecular weight is 1020 g/mol. The van der Waals surface area contributed by atoms with Gasteiger partial charge in [-0.05, 0) is 51.4 Å². The van der Waals surface area contributed by atoms with Crippen LogP contribution >= 0.6 is 0 Å². The number of hydrogen-bond donors (Lipinski definition) is 3. The van der Waals surface area contributed by atoms with E-state index in [1.807, 2.05) is 0 Å². The third-order valence-electron chi connectivity index (χ3n) is 15.6. The van der Waals surface area contributed by atoms with Crippen molar-refractivity contribution >= 4 is 11.9 Å². The van der Waals surface area contributed by atoms with Crippen molar-refractivity contribution in [3.8, 4) is 0 Å². The molecule has 2 unspecified atom stereocenters. The van der Waals surface area contributed by atoms with E-state index in [1.54, 1.807) is 0 Å². The predicted octanol–water partition coefficient (Wildman–Crippen LogP) is 20.8. The van der Waals surface area contributed by atoms with E-state index in [0.29, 0.717) is 25.9 Å². The Balaban J connectivity index is 3.43. The van der Waals surface area contributed by atoms with E-state index in [-0.39, 0.29) is 18.5 Å². The summed E-state index contributed by atoms with van der Waals surface area (Å²) in [5.41, 5.74) is 0. The first kappa shape index (κ1) is 70.6. The number of esters is 1. The van der Waals surface area contributed by atoms with Crippen LogP contribution in [-0.4, -0.2) is 47.4 Å². The SMILES string of the molecule is CCCCCCCCC/C=C\CCCCCCCCCC(=O)OCCCCCCCCCCCCCCC(=O)NC(CO)C(O)CCCCCCCCCCCCCCCCCCCCCCCCCCC. The number of carbonyl (C=O) groups is 2. The lowest BCUT2D eigenvalue weighted by molar-refractivity contribution is -0.143. The zero-order valence-electron chi connectivity index (χ0n) is 48.9. The average Bonchev–Trinajstić information content (AvgIpc) is 3.38. The van der Waals surface area contributed by atoms with Crippen LogP contribution in [0.1, 0.15) is 373 Å². The second-order valence-corrected chi connectivity index (χ2v) is 22.8. The van der Waals surface area contributed by atoms with Crippen LogP contribution in [0.25, 0.3) is 0 Å². The van der Waals surface area contributed by atoms with Crippen LogP contribution < -0.4 is 5.32 Å². The molecular weight excluding hydrogens is 887 g/mol. The summed E-state index contributed by atoms with van der Waals surface area (Å²) in [6.45, 7) is 4.95. The van der Waals surface area contributed by atoms with Crippen molar-refractivity contribution < 1.29 is 24.5 Å². The topological polar surface area (TPSA) is 95.9 Å². The molecule has 0 aliphatic carbocycles. The lowest BCUT2D eigenvalue weighted by atomic mass is 10.0. The normalized spacial score (nSPS) is 12.6. The fourth-order valence-corrected chi connectivity index (χ4v) is 10.5. The van der Waals surface area contributed by atoms with Gasteiger partial charge in [0.05, 0.1) is 25.4 Å². The van der Waals surface area contributed by atoms with Gasteiger partial charge in [-0.15, -0.1) is 0 Å². The van der Waals surface area contributed by atoms with Gasteiger partial charge in [-0.25, -0.2) is 0 Å². The van der Waals surface area contributed by atoms with E-state index < -0.39 is 12.1 Å².